The Balaban J connectivity index is 1.53. The van der Waals surface area contributed by atoms with Gasteiger partial charge in [0.2, 0.25) is 5.91 Å². The Hall–Kier alpha value is -3.26. The molecular weight excluding hydrogens is 352 g/mol. The third-order valence-electron chi connectivity index (χ3n) is 3.42. The van der Waals surface area contributed by atoms with Crippen molar-refractivity contribution in [1.29, 1.82) is 0 Å². The second-order valence-electron chi connectivity index (χ2n) is 5.26. The first kappa shape index (κ1) is 17.6. The van der Waals surface area contributed by atoms with E-state index in [-0.39, 0.29) is 17.3 Å². The predicted molar refractivity (Wildman–Crippen MR) is 99.9 cm³/mol. The van der Waals surface area contributed by atoms with Gasteiger partial charge in [-0.1, -0.05) is 42.1 Å². The van der Waals surface area contributed by atoms with Gasteiger partial charge in [0.05, 0.1) is 16.4 Å². The Morgan fingerprint density at radius 2 is 1.73 bits per heavy atom. The lowest BCUT2D eigenvalue weighted by Crippen LogP contribution is -2.14. The fourth-order valence-corrected chi connectivity index (χ4v) is 2.78. The summed E-state index contributed by atoms with van der Waals surface area (Å²) < 4.78 is 0. The number of nitro groups is 1. The van der Waals surface area contributed by atoms with Crippen molar-refractivity contribution >= 4 is 29.0 Å². The summed E-state index contributed by atoms with van der Waals surface area (Å²) in [7, 11) is 0. The van der Waals surface area contributed by atoms with Crippen molar-refractivity contribution in [3.8, 4) is 11.3 Å². The van der Waals surface area contributed by atoms with Crippen molar-refractivity contribution in [2.45, 2.75) is 5.03 Å². The Kier molecular flexibility index (Phi) is 5.55. The van der Waals surface area contributed by atoms with E-state index in [4.69, 9.17) is 0 Å². The topological polar surface area (TPSA) is 98.0 Å². The summed E-state index contributed by atoms with van der Waals surface area (Å²) >= 11 is 1.27. The molecule has 26 heavy (non-hydrogen) atoms. The van der Waals surface area contributed by atoms with Gasteiger partial charge in [-0.15, -0.1) is 10.2 Å². The molecule has 0 bridgehead atoms. The molecule has 0 aliphatic rings. The number of non-ortho nitro benzene ring substituents is 1. The molecule has 8 heteroatoms. The van der Waals surface area contributed by atoms with Gasteiger partial charge in [0, 0.05) is 23.4 Å². The molecule has 1 aromatic heterocycles. The molecule has 0 saturated heterocycles. The average molecular weight is 366 g/mol. The molecule has 0 atom stereocenters. The second kappa shape index (κ2) is 8.21. The molecule has 2 aromatic carbocycles. The number of aromatic nitrogens is 2. The lowest BCUT2D eigenvalue weighted by atomic mass is 10.1. The summed E-state index contributed by atoms with van der Waals surface area (Å²) in [6.07, 6.45) is 0. The van der Waals surface area contributed by atoms with Gasteiger partial charge in [-0.05, 0) is 24.3 Å². The van der Waals surface area contributed by atoms with Gasteiger partial charge < -0.3 is 5.32 Å². The maximum absolute atomic E-state index is 12.0. The van der Waals surface area contributed by atoms with Crippen LogP contribution in [-0.2, 0) is 4.79 Å². The maximum atomic E-state index is 12.0. The van der Waals surface area contributed by atoms with E-state index in [1.54, 1.807) is 0 Å². The molecule has 0 fully saturated rings. The fraction of sp³-hybridized carbons (Fsp3) is 0.0556. The number of nitrogens with one attached hydrogen (secondary N) is 1. The lowest BCUT2D eigenvalue weighted by molar-refractivity contribution is -0.384. The maximum Gasteiger partial charge on any atom is 0.269 e. The molecular formula is C18H14N4O3S. The zero-order chi connectivity index (χ0) is 18.4. The molecule has 3 aromatic rings. The van der Waals surface area contributed by atoms with E-state index in [2.05, 4.69) is 15.5 Å². The van der Waals surface area contributed by atoms with Crippen LogP contribution in [0, 0.1) is 10.1 Å². The van der Waals surface area contributed by atoms with Crippen LogP contribution in [0.5, 0.6) is 0 Å². The highest BCUT2D eigenvalue weighted by molar-refractivity contribution is 7.99. The van der Waals surface area contributed by atoms with Gasteiger partial charge in [-0.3, -0.25) is 14.9 Å². The molecule has 1 heterocycles. The smallest absolute Gasteiger partial charge is 0.269 e. The first-order chi connectivity index (χ1) is 12.6. The van der Waals surface area contributed by atoms with E-state index < -0.39 is 4.92 Å². The highest BCUT2D eigenvalue weighted by atomic mass is 32.2. The van der Waals surface area contributed by atoms with Gasteiger partial charge in [0.15, 0.2) is 0 Å². The van der Waals surface area contributed by atoms with Crippen molar-refractivity contribution in [1.82, 2.24) is 10.2 Å². The number of amides is 1. The quantitative estimate of drug-likeness (QED) is 0.405. The number of carbonyl (C=O) groups is 1. The molecule has 0 radical (unpaired) electrons. The summed E-state index contributed by atoms with van der Waals surface area (Å²) in [5.74, 6) is -0.0612. The van der Waals surface area contributed by atoms with E-state index in [1.165, 1.54) is 36.0 Å². The molecule has 0 aliphatic carbocycles. The van der Waals surface area contributed by atoms with Crippen LogP contribution >= 0.6 is 11.8 Å². The number of nitro benzene ring substituents is 1. The van der Waals surface area contributed by atoms with Crippen molar-refractivity contribution in [2.24, 2.45) is 0 Å². The van der Waals surface area contributed by atoms with Crippen LogP contribution in [0.4, 0.5) is 11.4 Å². The van der Waals surface area contributed by atoms with Crippen LogP contribution in [0.2, 0.25) is 0 Å². The number of hydrogen-bond acceptors (Lipinski definition) is 6. The summed E-state index contributed by atoms with van der Waals surface area (Å²) in [6.45, 7) is 0. The largest absolute Gasteiger partial charge is 0.325 e. The van der Waals surface area contributed by atoms with Gasteiger partial charge in [-0.2, -0.15) is 0 Å². The van der Waals surface area contributed by atoms with E-state index in [0.717, 1.165) is 11.3 Å². The minimum atomic E-state index is -0.487. The van der Waals surface area contributed by atoms with Crippen LogP contribution in [0.25, 0.3) is 11.3 Å². The fourth-order valence-electron chi connectivity index (χ4n) is 2.16. The Morgan fingerprint density at radius 1 is 1.00 bits per heavy atom. The summed E-state index contributed by atoms with van der Waals surface area (Å²) in [4.78, 5) is 22.1. The Labute approximate surface area is 153 Å². The van der Waals surface area contributed by atoms with Crippen LogP contribution < -0.4 is 5.32 Å². The van der Waals surface area contributed by atoms with Crippen molar-refractivity contribution < 1.29 is 9.72 Å². The molecule has 3 rings (SSSR count). The Morgan fingerprint density at radius 3 is 2.35 bits per heavy atom. The highest BCUT2D eigenvalue weighted by Crippen LogP contribution is 2.20. The van der Waals surface area contributed by atoms with Crippen molar-refractivity contribution in [2.75, 3.05) is 11.1 Å². The summed E-state index contributed by atoms with van der Waals surface area (Å²) in [6, 6.07) is 19.1. The van der Waals surface area contributed by atoms with E-state index in [1.807, 2.05) is 42.5 Å². The lowest BCUT2D eigenvalue weighted by Gasteiger charge is -2.05. The van der Waals surface area contributed by atoms with Gasteiger partial charge >= 0.3 is 0 Å². The zero-order valence-electron chi connectivity index (χ0n) is 13.5. The molecule has 0 saturated carbocycles. The molecule has 130 valence electrons. The van der Waals surface area contributed by atoms with Crippen LogP contribution in [0.15, 0.2) is 71.8 Å². The number of benzene rings is 2. The highest BCUT2D eigenvalue weighted by Gasteiger charge is 2.08. The van der Waals surface area contributed by atoms with E-state index in [0.29, 0.717) is 10.7 Å². The molecule has 0 unspecified atom stereocenters. The molecule has 7 nitrogen and oxygen atoms in total. The number of rotatable bonds is 6. The molecule has 1 amide bonds. The first-order valence-corrected chi connectivity index (χ1v) is 8.66. The minimum absolute atomic E-state index is 0.0221. The first-order valence-electron chi connectivity index (χ1n) is 7.68. The van der Waals surface area contributed by atoms with Crippen LogP contribution in [0.3, 0.4) is 0 Å². The van der Waals surface area contributed by atoms with Gasteiger partial charge in [0.1, 0.15) is 5.03 Å². The van der Waals surface area contributed by atoms with E-state index in [9.17, 15) is 14.9 Å². The monoisotopic (exact) mass is 366 g/mol. The standard InChI is InChI=1S/C18H14N4O3S/c23-17(19-14-6-8-15(9-7-14)22(24)25)12-26-18-11-10-16(20-21-18)13-4-2-1-3-5-13/h1-11H,12H2,(H,19,23). The third kappa shape index (κ3) is 4.64. The normalized spacial score (nSPS) is 10.3. The Bertz CT molecular complexity index is 900. The van der Waals surface area contributed by atoms with E-state index >= 15 is 0 Å². The number of carbonyl (C=O) groups excluding carboxylic acids is 1. The summed E-state index contributed by atoms with van der Waals surface area (Å²) in [5, 5.41) is 22.2. The van der Waals surface area contributed by atoms with Gasteiger partial charge in [-0.25, -0.2) is 0 Å². The average Bonchev–Trinajstić information content (AvgIpc) is 2.68. The second-order valence-corrected chi connectivity index (χ2v) is 6.26. The molecule has 0 spiro atoms. The van der Waals surface area contributed by atoms with Crippen LogP contribution in [-0.4, -0.2) is 26.8 Å². The number of hydrogen-bond donors (Lipinski definition) is 1. The third-order valence-corrected chi connectivity index (χ3v) is 4.34. The molecule has 1 N–H and O–H groups in total. The number of anilines is 1. The van der Waals surface area contributed by atoms with Crippen molar-refractivity contribution in [3.63, 3.8) is 0 Å². The molecule has 0 aliphatic heterocycles. The number of nitrogens with zero attached hydrogens (tertiary/aromatic N) is 3. The zero-order valence-corrected chi connectivity index (χ0v) is 14.3. The number of thioether (sulfide) groups is 1. The SMILES string of the molecule is O=C(CSc1ccc(-c2ccccc2)nn1)Nc1ccc([N+](=O)[O-])cc1. The van der Waals surface area contributed by atoms with Crippen molar-refractivity contribution in [3.05, 3.63) is 76.8 Å². The van der Waals surface area contributed by atoms with Gasteiger partial charge in [0.25, 0.3) is 5.69 Å². The van der Waals surface area contributed by atoms with Crippen LogP contribution in [0.1, 0.15) is 0 Å². The predicted octanol–water partition coefficient (Wildman–Crippen LogP) is 3.78. The summed E-state index contributed by atoms with van der Waals surface area (Å²) in [5.41, 5.74) is 2.23. The minimum Gasteiger partial charge on any atom is -0.325 e.